The number of nitrogens with zero attached hydrogens (tertiary/aromatic N) is 3. The molecular formula is C10H7F3N4O. The van der Waals surface area contributed by atoms with E-state index in [4.69, 9.17) is 5.73 Å². The highest BCUT2D eigenvalue weighted by Crippen LogP contribution is 2.27. The second-order valence-electron chi connectivity index (χ2n) is 3.41. The molecule has 2 rings (SSSR count). The lowest BCUT2D eigenvalue weighted by Crippen LogP contribution is -2.14. The van der Waals surface area contributed by atoms with Crippen molar-refractivity contribution in [3.05, 3.63) is 42.1 Å². The van der Waals surface area contributed by atoms with Crippen molar-refractivity contribution in [1.82, 2.24) is 14.5 Å². The summed E-state index contributed by atoms with van der Waals surface area (Å²) in [6.07, 6.45) is -2.77. The Balaban J connectivity index is 2.40. The molecule has 2 heterocycles. The van der Waals surface area contributed by atoms with Crippen LogP contribution in [0, 0.1) is 0 Å². The van der Waals surface area contributed by atoms with E-state index in [-0.39, 0.29) is 11.5 Å². The van der Waals surface area contributed by atoms with Gasteiger partial charge in [0.1, 0.15) is 17.8 Å². The maximum atomic E-state index is 12.4. The van der Waals surface area contributed by atoms with Gasteiger partial charge >= 0.3 is 6.18 Å². The van der Waals surface area contributed by atoms with Crippen LogP contribution in [0.4, 0.5) is 13.2 Å². The Morgan fingerprint density at radius 2 is 2.06 bits per heavy atom. The minimum absolute atomic E-state index is 0.0326. The predicted molar refractivity (Wildman–Crippen MR) is 54.9 cm³/mol. The van der Waals surface area contributed by atoms with Gasteiger partial charge in [0.25, 0.3) is 5.91 Å². The molecular weight excluding hydrogens is 249 g/mol. The Bertz CT molecular complexity index is 591. The first-order valence-electron chi connectivity index (χ1n) is 4.76. The van der Waals surface area contributed by atoms with E-state index < -0.39 is 17.8 Å². The molecule has 5 nitrogen and oxygen atoms in total. The van der Waals surface area contributed by atoms with Gasteiger partial charge in [-0.05, 0) is 12.1 Å². The maximum Gasteiger partial charge on any atom is 0.434 e. The molecule has 0 fully saturated rings. The van der Waals surface area contributed by atoms with Crippen LogP contribution in [0.5, 0.6) is 0 Å². The first-order chi connectivity index (χ1) is 8.38. The van der Waals surface area contributed by atoms with Crippen molar-refractivity contribution >= 4 is 5.91 Å². The SMILES string of the molecule is NC(=O)c1cccc(-n2cnc(C(F)(F)F)c2)n1. The van der Waals surface area contributed by atoms with Crippen molar-refractivity contribution in [3.63, 3.8) is 0 Å². The largest absolute Gasteiger partial charge is 0.434 e. The Labute approximate surface area is 99.1 Å². The molecule has 0 atom stereocenters. The molecule has 0 radical (unpaired) electrons. The molecule has 0 aliphatic heterocycles. The quantitative estimate of drug-likeness (QED) is 0.882. The van der Waals surface area contributed by atoms with E-state index in [1.165, 1.54) is 18.2 Å². The van der Waals surface area contributed by atoms with E-state index in [2.05, 4.69) is 9.97 Å². The van der Waals surface area contributed by atoms with Crippen LogP contribution in [0.15, 0.2) is 30.7 Å². The molecule has 0 saturated carbocycles. The number of pyridine rings is 1. The molecule has 0 saturated heterocycles. The van der Waals surface area contributed by atoms with Gasteiger partial charge in [0.15, 0.2) is 5.69 Å². The summed E-state index contributed by atoms with van der Waals surface area (Å²) in [5.41, 5.74) is 3.96. The van der Waals surface area contributed by atoms with E-state index in [1.54, 1.807) is 0 Å². The van der Waals surface area contributed by atoms with E-state index in [0.29, 0.717) is 0 Å². The third kappa shape index (κ3) is 2.31. The van der Waals surface area contributed by atoms with Crippen LogP contribution in [-0.4, -0.2) is 20.4 Å². The second kappa shape index (κ2) is 4.13. The van der Waals surface area contributed by atoms with Gasteiger partial charge in [-0.1, -0.05) is 6.07 Å². The molecule has 0 spiro atoms. The van der Waals surface area contributed by atoms with Crippen LogP contribution < -0.4 is 5.73 Å². The summed E-state index contributed by atoms with van der Waals surface area (Å²) in [6, 6.07) is 4.28. The summed E-state index contributed by atoms with van der Waals surface area (Å²) < 4.78 is 38.1. The lowest BCUT2D eigenvalue weighted by atomic mass is 10.3. The normalized spacial score (nSPS) is 11.5. The summed E-state index contributed by atoms with van der Waals surface area (Å²) in [5, 5.41) is 0. The lowest BCUT2D eigenvalue weighted by Gasteiger charge is -2.03. The minimum atomic E-state index is -4.52. The van der Waals surface area contributed by atoms with E-state index in [1.807, 2.05) is 0 Å². The molecule has 1 amide bonds. The number of hydrogen-bond donors (Lipinski definition) is 1. The highest BCUT2D eigenvalue weighted by atomic mass is 19.4. The maximum absolute atomic E-state index is 12.4. The molecule has 0 aliphatic rings. The summed E-state index contributed by atoms with van der Waals surface area (Å²) in [4.78, 5) is 17.9. The fourth-order valence-corrected chi connectivity index (χ4v) is 1.30. The zero-order valence-electron chi connectivity index (χ0n) is 8.85. The van der Waals surface area contributed by atoms with Gasteiger partial charge in [0.05, 0.1) is 0 Å². The van der Waals surface area contributed by atoms with Crippen molar-refractivity contribution in [2.45, 2.75) is 6.18 Å². The number of amides is 1. The smallest absolute Gasteiger partial charge is 0.364 e. The summed E-state index contributed by atoms with van der Waals surface area (Å²) >= 11 is 0. The monoisotopic (exact) mass is 256 g/mol. The third-order valence-electron chi connectivity index (χ3n) is 2.12. The van der Waals surface area contributed by atoms with Gasteiger partial charge in [-0.2, -0.15) is 13.2 Å². The topological polar surface area (TPSA) is 73.8 Å². The number of nitrogens with two attached hydrogens (primary N) is 1. The standard InChI is InChI=1S/C10H7F3N4O/c11-10(12,13)7-4-17(5-15-7)8-3-1-2-6(16-8)9(14)18/h1-5H,(H2,14,18). The number of alkyl halides is 3. The number of aromatic nitrogens is 3. The van der Waals surface area contributed by atoms with Crippen LogP contribution in [0.2, 0.25) is 0 Å². The Morgan fingerprint density at radius 1 is 1.33 bits per heavy atom. The second-order valence-corrected chi connectivity index (χ2v) is 3.41. The fourth-order valence-electron chi connectivity index (χ4n) is 1.30. The van der Waals surface area contributed by atoms with Crippen LogP contribution in [-0.2, 0) is 6.18 Å². The molecule has 2 aromatic rings. The highest BCUT2D eigenvalue weighted by Gasteiger charge is 2.33. The lowest BCUT2D eigenvalue weighted by molar-refractivity contribution is -0.140. The molecule has 94 valence electrons. The fraction of sp³-hybridized carbons (Fsp3) is 0.100. The predicted octanol–water partition coefficient (Wildman–Crippen LogP) is 1.39. The first kappa shape index (κ1) is 12.1. The van der Waals surface area contributed by atoms with Crippen molar-refractivity contribution in [2.24, 2.45) is 5.73 Å². The average molecular weight is 256 g/mol. The number of primary amides is 1. The van der Waals surface area contributed by atoms with Crippen molar-refractivity contribution in [3.8, 4) is 5.82 Å². The number of hydrogen-bond acceptors (Lipinski definition) is 3. The van der Waals surface area contributed by atoms with Gasteiger partial charge in [-0.15, -0.1) is 0 Å². The van der Waals surface area contributed by atoms with E-state index in [0.717, 1.165) is 17.1 Å². The van der Waals surface area contributed by atoms with Crippen molar-refractivity contribution in [1.29, 1.82) is 0 Å². The van der Waals surface area contributed by atoms with Crippen LogP contribution in [0.25, 0.3) is 5.82 Å². The molecule has 0 aromatic carbocycles. The zero-order chi connectivity index (χ0) is 13.3. The number of carbonyl (C=O) groups excluding carboxylic acids is 1. The summed E-state index contributed by atoms with van der Waals surface area (Å²) in [7, 11) is 0. The summed E-state index contributed by atoms with van der Waals surface area (Å²) in [5.74, 6) is -0.623. The highest BCUT2D eigenvalue weighted by molar-refractivity contribution is 5.90. The number of halogens is 3. The van der Waals surface area contributed by atoms with Gasteiger partial charge in [-0.3, -0.25) is 9.36 Å². The number of rotatable bonds is 2. The molecule has 0 bridgehead atoms. The van der Waals surface area contributed by atoms with Gasteiger partial charge < -0.3 is 5.73 Å². The molecule has 2 aromatic heterocycles. The van der Waals surface area contributed by atoms with Crippen LogP contribution in [0.3, 0.4) is 0 Å². The molecule has 2 N–H and O–H groups in total. The Kier molecular flexibility index (Phi) is 2.77. The van der Waals surface area contributed by atoms with E-state index in [9.17, 15) is 18.0 Å². The molecule has 0 unspecified atom stereocenters. The van der Waals surface area contributed by atoms with Gasteiger partial charge in [0.2, 0.25) is 0 Å². The van der Waals surface area contributed by atoms with Gasteiger partial charge in [-0.25, -0.2) is 9.97 Å². The zero-order valence-corrected chi connectivity index (χ0v) is 8.85. The Hall–Kier alpha value is -2.38. The third-order valence-corrected chi connectivity index (χ3v) is 2.12. The molecule has 18 heavy (non-hydrogen) atoms. The number of carbonyl (C=O) groups is 1. The first-order valence-corrected chi connectivity index (χ1v) is 4.76. The molecule has 0 aliphatic carbocycles. The Morgan fingerprint density at radius 3 is 2.61 bits per heavy atom. The number of imidazole rings is 1. The van der Waals surface area contributed by atoms with Crippen LogP contribution in [0.1, 0.15) is 16.2 Å². The average Bonchev–Trinajstić information content (AvgIpc) is 2.78. The van der Waals surface area contributed by atoms with Gasteiger partial charge in [0, 0.05) is 6.20 Å². The van der Waals surface area contributed by atoms with E-state index >= 15 is 0 Å². The van der Waals surface area contributed by atoms with Crippen molar-refractivity contribution < 1.29 is 18.0 Å². The molecule has 8 heteroatoms. The van der Waals surface area contributed by atoms with Crippen LogP contribution >= 0.6 is 0 Å². The minimum Gasteiger partial charge on any atom is -0.364 e. The summed E-state index contributed by atoms with van der Waals surface area (Å²) in [6.45, 7) is 0. The van der Waals surface area contributed by atoms with Crippen molar-refractivity contribution in [2.75, 3.05) is 0 Å².